The second-order valence-corrected chi connectivity index (χ2v) is 7.81. The molecule has 1 aromatic heterocycles. The van der Waals surface area contributed by atoms with E-state index in [1.54, 1.807) is 7.05 Å². The maximum atomic E-state index is 12.7. The van der Waals surface area contributed by atoms with Crippen molar-refractivity contribution in [3.05, 3.63) is 11.3 Å². The first-order valence-corrected chi connectivity index (χ1v) is 8.69. The Kier molecular flexibility index (Phi) is 3.60. The smallest absolute Gasteiger partial charge is 0.262 e. The minimum atomic E-state index is -3.49. The van der Waals surface area contributed by atoms with E-state index in [4.69, 9.17) is 0 Å². The molecule has 1 heterocycles. The van der Waals surface area contributed by atoms with Crippen LogP contribution in [0.15, 0.2) is 5.03 Å². The number of nitrogens with one attached hydrogen (secondary N) is 2. The summed E-state index contributed by atoms with van der Waals surface area (Å²) < 4.78 is 26.8. The highest BCUT2D eigenvalue weighted by Crippen LogP contribution is 2.30. The topological polar surface area (TPSA) is 78.1 Å². The molecule has 112 valence electrons. The standard InChI is InChI=1S/C13H22N4O2S/c1-9-12(8-14-10-6-7-10)13(16-15-9)20(18,19)17(2)11-4-3-5-11/h10-11,14H,3-8H2,1-2H3,(H,15,16). The highest BCUT2D eigenvalue weighted by Gasteiger charge is 2.35. The predicted molar refractivity (Wildman–Crippen MR) is 75.8 cm³/mol. The van der Waals surface area contributed by atoms with Crippen LogP contribution in [0.25, 0.3) is 0 Å². The van der Waals surface area contributed by atoms with Gasteiger partial charge in [0.25, 0.3) is 10.0 Å². The fraction of sp³-hybridized carbons (Fsp3) is 0.769. The van der Waals surface area contributed by atoms with E-state index in [1.807, 2.05) is 6.92 Å². The maximum Gasteiger partial charge on any atom is 0.262 e. The van der Waals surface area contributed by atoms with Crippen LogP contribution < -0.4 is 5.32 Å². The van der Waals surface area contributed by atoms with Gasteiger partial charge in [-0.05, 0) is 32.6 Å². The molecule has 0 spiro atoms. The Labute approximate surface area is 120 Å². The van der Waals surface area contributed by atoms with Gasteiger partial charge in [0.1, 0.15) is 0 Å². The number of aryl methyl sites for hydroxylation is 1. The van der Waals surface area contributed by atoms with Crippen LogP contribution in [-0.2, 0) is 16.6 Å². The Bertz CT molecular complexity index is 588. The maximum absolute atomic E-state index is 12.7. The van der Waals surface area contributed by atoms with Gasteiger partial charge in [0, 0.05) is 36.9 Å². The van der Waals surface area contributed by atoms with Crippen LogP contribution in [-0.4, -0.2) is 42.1 Å². The van der Waals surface area contributed by atoms with Gasteiger partial charge in [-0.25, -0.2) is 8.42 Å². The molecule has 0 aromatic carbocycles. The lowest BCUT2D eigenvalue weighted by Gasteiger charge is -2.33. The molecule has 20 heavy (non-hydrogen) atoms. The lowest BCUT2D eigenvalue weighted by molar-refractivity contribution is 0.249. The molecule has 0 bridgehead atoms. The van der Waals surface area contributed by atoms with Crippen molar-refractivity contribution >= 4 is 10.0 Å². The van der Waals surface area contributed by atoms with E-state index in [0.717, 1.165) is 30.5 Å². The van der Waals surface area contributed by atoms with Crippen molar-refractivity contribution in [3.8, 4) is 0 Å². The Hall–Kier alpha value is -0.920. The third-order valence-corrected chi connectivity index (χ3v) is 6.28. The molecule has 3 rings (SSSR count). The van der Waals surface area contributed by atoms with Gasteiger partial charge in [0.2, 0.25) is 0 Å². The molecule has 6 nitrogen and oxygen atoms in total. The summed E-state index contributed by atoms with van der Waals surface area (Å²) in [6.45, 7) is 2.44. The molecule has 7 heteroatoms. The fourth-order valence-electron chi connectivity index (χ4n) is 2.47. The third-order valence-electron chi connectivity index (χ3n) is 4.39. The van der Waals surface area contributed by atoms with Crippen molar-refractivity contribution < 1.29 is 8.42 Å². The number of aromatic amines is 1. The van der Waals surface area contributed by atoms with Crippen LogP contribution in [0.2, 0.25) is 0 Å². The summed E-state index contributed by atoms with van der Waals surface area (Å²) in [5.41, 5.74) is 1.61. The molecule has 1 aromatic rings. The van der Waals surface area contributed by atoms with Crippen molar-refractivity contribution in [3.63, 3.8) is 0 Å². The first-order chi connectivity index (χ1) is 9.50. The molecule has 0 saturated heterocycles. The van der Waals surface area contributed by atoms with Crippen molar-refractivity contribution in [2.45, 2.75) is 62.7 Å². The van der Waals surface area contributed by atoms with Crippen molar-refractivity contribution in [1.29, 1.82) is 0 Å². The van der Waals surface area contributed by atoms with Gasteiger partial charge in [-0.3, -0.25) is 5.10 Å². The summed E-state index contributed by atoms with van der Waals surface area (Å²) in [6, 6.07) is 0.686. The number of H-pyrrole nitrogens is 1. The summed E-state index contributed by atoms with van der Waals surface area (Å²) in [5, 5.41) is 10.4. The van der Waals surface area contributed by atoms with E-state index >= 15 is 0 Å². The minimum absolute atomic E-state index is 0.140. The fourth-order valence-corrected chi connectivity index (χ4v) is 4.04. The molecule has 0 amide bonds. The Morgan fingerprint density at radius 2 is 2.05 bits per heavy atom. The number of nitrogens with zero attached hydrogens (tertiary/aromatic N) is 2. The molecule has 2 saturated carbocycles. The zero-order valence-corrected chi connectivity index (χ0v) is 12.8. The largest absolute Gasteiger partial charge is 0.310 e. The minimum Gasteiger partial charge on any atom is -0.310 e. The van der Waals surface area contributed by atoms with E-state index in [-0.39, 0.29) is 11.1 Å². The van der Waals surface area contributed by atoms with Crippen molar-refractivity contribution in [1.82, 2.24) is 19.8 Å². The molecule has 2 fully saturated rings. The molecular weight excluding hydrogens is 276 g/mol. The number of hydrogen-bond donors (Lipinski definition) is 2. The van der Waals surface area contributed by atoms with E-state index in [0.29, 0.717) is 12.6 Å². The molecule has 2 N–H and O–H groups in total. The van der Waals surface area contributed by atoms with Crippen LogP contribution in [0.1, 0.15) is 43.4 Å². The third kappa shape index (κ3) is 2.49. The Balaban J connectivity index is 1.83. The van der Waals surface area contributed by atoms with Crippen LogP contribution in [0.4, 0.5) is 0 Å². The van der Waals surface area contributed by atoms with Gasteiger partial charge in [-0.15, -0.1) is 0 Å². The van der Waals surface area contributed by atoms with Crippen LogP contribution in [0, 0.1) is 6.92 Å². The zero-order valence-electron chi connectivity index (χ0n) is 12.0. The Morgan fingerprint density at radius 1 is 1.35 bits per heavy atom. The summed E-state index contributed by atoms with van der Waals surface area (Å²) in [4.78, 5) is 0. The van der Waals surface area contributed by atoms with Gasteiger partial charge in [-0.2, -0.15) is 9.40 Å². The number of hydrogen-bond acceptors (Lipinski definition) is 4. The first kappa shape index (κ1) is 14.0. The average molecular weight is 298 g/mol. The van der Waals surface area contributed by atoms with E-state index in [9.17, 15) is 8.42 Å². The summed E-state index contributed by atoms with van der Waals surface area (Å²) in [5.74, 6) is 0. The highest BCUT2D eigenvalue weighted by molar-refractivity contribution is 7.89. The van der Waals surface area contributed by atoms with Crippen molar-refractivity contribution in [2.75, 3.05) is 7.05 Å². The van der Waals surface area contributed by atoms with Crippen LogP contribution in [0.5, 0.6) is 0 Å². The Morgan fingerprint density at radius 3 is 2.60 bits per heavy atom. The highest BCUT2D eigenvalue weighted by atomic mass is 32.2. The van der Waals surface area contributed by atoms with Crippen LogP contribution >= 0.6 is 0 Å². The monoisotopic (exact) mass is 298 g/mol. The summed E-state index contributed by atoms with van der Waals surface area (Å²) >= 11 is 0. The second-order valence-electron chi connectivity index (χ2n) is 5.89. The molecule has 0 aliphatic heterocycles. The number of rotatable bonds is 6. The lowest BCUT2D eigenvalue weighted by atomic mass is 9.94. The molecule has 2 aliphatic carbocycles. The summed E-state index contributed by atoms with van der Waals surface area (Å²) in [6.07, 6.45) is 5.38. The zero-order chi connectivity index (χ0) is 14.3. The van der Waals surface area contributed by atoms with E-state index < -0.39 is 10.0 Å². The average Bonchev–Trinajstić information content (AvgIpc) is 3.08. The van der Waals surface area contributed by atoms with Gasteiger partial charge < -0.3 is 5.32 Å². The predicted octanol–water partition coefficient (Wildman–Crippen LogP) is 1.14. The van der Waals surface area contributed by atoms with Gasteiger partial charge >= 0.3 is 0 Å². The van der Waals surface area contributed by atoms with Gasteiger partial charge in [0.05, 0.1) is 0 Å². The van der Waals surface area contributed by atoms with E-state index in [2.05, 4.69) is 15.5 Å². The molecule has 0 unspecified atom stereocenters. The molecule has 2 aliphatic rings. The molecular formula is C13H22N4O2S. The van der Waals surface area contributed by atoms with Crippen LogP contribution in [0.3, 0.4) is 0 Å². The van der Waals surface area contributed by atoms with E-state index in [1.165, 1.54) is 17.1 Å². The second kappa shape index (κ2) is 5.13. The number of aromatic nitrogens is 2. The molecule has 0 atom stereocenters. The SMILES string of the molecule is Cc1[nH]nc(S(=O)(=O)N(C)C2CCC2)c1CNC1CC1. The van der Waals surface area contributed by atoms with Gasteiger partial charge in [-0.1, -0.05) is 6.42 Å². The quantitative estimate of drug-likeness (QED) is 0.825. The van der Waals surface area contributed by atoms with Gasteiger partial charge in [0.15, 0.2) is 5.03 Å². The lowest BCUT2D eigenvalue weighted by Crippen LogP contribution is -2.41. The normalized spacial score (nSPS) is 20.4. The van der Waals surface area contributed by atoms with Crippen molar-refractivity contribution in [2.24, 2.45) is 0 Å². The first-order valence-electron chi connectivity index (χ1n) is 7.25. The molecule has 0 radical (unpaired) electrons. The summed E-state index contributed by atoms with van der Waals surface area (Å²) in [7, 11) is -1.82. The number of sulfonamides is 1.